The summed E-state index contributed by atoms with van der Waals surface area (Å²) in [4.78, 5) is 56.5. The predicted octanol–water partition coefficient (Wildman–Crippen LogP) is 2.92. The number of hydrogen-bond donors (Lipinski definition) is 2. The number of ether oxygens (including phenoxy) is 1. The highest BCUT2D eigenvalue weighted by atomic mass is 16.5. The summed E-state index contributed by atoms with van der Waals surface area (Å²) >= 11 is 0. The van der Waals surface area contributed by atoms with Crippen LogP contribution in [0.5, 0.6) is 0 Å². The van der Waals surface area contributed by atoms with E-state index in [2.05, 4.69) is 23.1 Å². The van der Waals surface area contributed by atoms with Crippen molar-refractivity contribution in [3.8, 4) is 12.3 Å². The average molecular weight is 601 g/mol. The first kappa shape index (κ1) is 32.1. The highest BCUT2D eigenvalue weighted by Crippen LogP contribution is 2.30. The molecule has 2 heterocycles. The Morgan fingerprint density at radius 1 is 1.11 bits per heavy atom. The Hall–Kier alpha value is -4.82. The molecule has 0 aliphatic carbocycles. The van der Waals surface area contributed by atoms with Crippen molar-refractivity contribution < 1.29 is 23.9 Å². The summed E-state index contributed by atoms with van der Waals surface area (Å²) in [6.07, 6.45) is 6.46. The highest BCUT2D eigenvalue weighted by Gasteiger charge is 2.51. The normalized spacial score (nSPS) is 19.0. The molecule has 4 rings (SSSR count). The molecule has 1 unspecified atom stereocenters. The number of urea groups is 1. The summed E-state index contributed by atoms with van der Waals surface area (Å²) in [5.41, 5.74) is 2.00. The van der Waals surface area contributed by atoms with E-state index < -0.39 is 24.3 Å². The number of hydrazine groups is 1. The summed E-state index contributed by atoms with van der Waals surface area (Å²) in [5, 5.41) is 8.68. The van der Waals surface area contributed by atoms with Crippen molar-refractivity contribution in [2.75, 3.05) is 39.3 Å². The number of hydrogen-bond acceptors (Lipinski definition) is 6. The average Bonchev–Trinajstić information content (AvgIpc) is 3.03. The van der Waals surface area contributed by atoms with Crippen LogP contribution in [0.15, 0.2) is 73.3 Å². The van der Waals surface area contributed by atoms with E-state index >= 15 is 0 Å². The van der Waals surface area contributed by atoms with E-state index in [1.807, 2.05) is 67.6 Å². The van der Waals surface area contributed by atoms with Gasteiger partial charge in [0.2, 0.25) is 11.8 Å². The zero-order valence-electron chi connectivity index (χ0n) is 25.1. The van der Waals surface area contributed by atoms with E-state index in [9.17, 15) is 19.2 Å². The van der Waals surface area contributed by atoms with Gasteiger partial charge in [0.05, 0.1) is 19.6 Å². The van der Waals surface area contributed by atoms with Gasteiger partial charge in [0.1, 0.15) is 18.8 Å². The molecule has 0 bridgehead atoms. The number of nitrogens with one attached hydrogen (secondary N) is 2. The second-order valence-corrected chi connectivity index (χ2v) is 10.8. The first-order valence-electron chi connectivity index (χ1n) is 14.8. The van der Waals surface area contributed by atoms with Crippen molar-refractivity contribution >= 4 is 23.9 Å². The fourth-order valence-electron chi connectivity index (χ4n) is 5.62. The summed E-state index contributed by atoms with van der Waals surface area (Å²) < 4.78 is 4.96. The number of carbonyl (C=O) groups excluding carboxylic acids is 4. The number of fused-ring (bicyclic) bond motifs is 1. The predicted molar refractivity (Wildman–Crippen MR) is 166 cm³/mol. The van der Waals surface area contributed by atoms with Crippen molar-refractivity contribution in [1.29, 1.82) is 0 Å². The van der Waals surface area contributed by atoms with Crippen molar-refractivity contribution in [3.63, 3.8) is 0 Å². The van der Waals surface area contributed by atoms with Crippen molar-refractivity contribution in [2.24, 2.45) is 0 Å². The second-order valence-electron chi connectivity index (χ2n) is 10.8. The third-order valence-corrected chi connectivity index (χ3v) is 7.72. The molecule has 2 aromatic rings. The molecular weight excluding hydrogens is 560 g/mol. The first-order chi connectivity index (χ1) is 21.3. The van der Waals surface area contributed by atoms with Crippen LogP contribution < -0.4 is 10.6 Å². The van der Waals surface area contributed by atoms with Crippen molar-refractivity contribution in [3.05, 3.63) is 84.4 Å². The molecule has 2 fully saturated rings. The first-order valence-corrected chi connectivity index (χ1v) is 14.8. The number of rotatable bonds is 12. The molecule has 2 aliphatic heterocycles. The van der Waals surface area contributed by atoms with E-state index in [-0.39, 0.29) is 63.5 Å². The summed E-state index contributed by atoms with van der Waals surface area (Å²) in [5.74, 6) is 2.09. The molecule has 2 aliphatic rings. The van der Waals surface area contributed by atoms with E-state index in [4.69, 9.17) is 11.2 Å². The van der Waals surface area contributed by atoms with E-state index in [1.165, 1.54) is 16.0 Å². The zero-order chi connectivity index (χ0) is 31.5. The molecule has 11 heteroatoms. The minimum atomic E-state index is -0.826. The van der Waals surface area contributed by atoms with Crippen LogP contribution >= 0.6 is 0 Å². The largest absolute Gasteiger partial charge is 0.445 e. The van der Waals surface area contributed by atoms with Gasteiger partial charge in [0, 0.05) is 19.6 Å². The van der Waals surface area contributed by atoms with Gasteiger partial charge in [-0.15, -0.1) is 6.42 Å². The number of benzene rings is 2. The maximum absolute atomic E-state index is 14.0. The standard InChI is InChI=1S/C33H40N6O5/c1-4-19-37-24-30(40)38-28(17-12-18-34-33(43)44-20-5-2)31(41)36(22-25(3)27-15-10-7-11-16-27)23-29(38)39(37)32(42)35-21-26-13-8-6-9-14-26/h1,5-11,13-16,25,28-29H,2,12,17-24H2,3H3,(H,34,43)(H,35,42)/t25?,28-,29-/m0/s1. The van der Waals surface area contributed by atoms with Crippen LogP contribution in [0.2, 0.25) is 0 Å². The van der Waals surface area contributed by atoms with Gasteiger partial charge in [0.25, 0.3) is 0 Å². The van der Waals surface area contributed by atoms with Gasteiger partial charge >= 0.3 is 12.1 Å². The van der Waals surface area contributed by atoms with Gasteiger partial charge < -0.3 is 25.2 Å². The van der Waals surface area contributed by atoms with Gasteiger partial charge in [-0.1, -0.05) is 86.2 Å². The van der Waals surface area contributed by atoms with Gasteiger partial charge in [-0.3, -0.25) is 9.59 Å². The summed E-state index contributed by atoms with van der Waals surface area (Å²) in [6, 6.07) is 18.2. The summed E-state index contributed by atoms with van der Waals surface area (Å²) in [6.45, 7) is 6.62. The molecule has 44 heavy (non-hydrogen) atoms. The van der Waals surface area contributed by atoms with E-state index in [0.29, 0.717) is 13.0 Å². The number of carbonyl (C=O) groups is 4. The Kier molecular flexibility index (Phi) is 11.4. The Morgan fingerprint density at radius 3 is 2.50 bits per heavy atom. The molecule has 11 nitrogen and oxygen atoms in total. The monoisotopic (exact) mass is 600 g/mol. The Balaban J connectivity index is 1.58. The topological polar surface area (TPSA) is 115 Å². The molecule has 0 spiro atoms. The molecule has 0 radical (unpaired) electrons. The third-order valence-electron chi connectivity index (χ3n) is 7.72. The molecule has 3 atom stereocenters. The van der Waals surface area contributed by atoms with Gasteiger partial charge in [-0.05, 0) is 29.9 Å². The van der Waals surface area contributed by atoms with Crippen LogP contribution in [0.25, 0.3) is 0 Å². The van der Waals surface area contributed by atoms with Crippen LogP contribution in [-0.4, -0.2) is 95.3 Å². The SMILES string of the molecule is C#CCN1CC(=O)N2[C@@H](CCCNC(=O)OCC=C)C(=O)N(CC(C)c3ccccc3)C[C@@H]2N1C(=O)NCc1ccccc1. The minimum absolute atomic E-state index is 0.00936. The molecule has 0 aromatic heterocycles. The van der Waals surface area contributed by atoms with Crippen LogP contribution in [-0.2, 0) is 20.9 Å². The molecular formula is C33H40N6O5. The molecule has 232 valence electrons. The summed E-state index contributed by atoms with van der Waals surface area (Å²) in [7, 11) is 0. The van der Waals surface area contributed by atoms with Gasteiger partial charge in [-0.2, -0.15) is 5.01 Å². The van der Waals surface area contributed by atoms with Crippen molar-refractivity contribution in [2.45, 2.75) is 44.4 Å². The van der Waals surface area contributed by atoms with Crippen LogP contribution in [0, 0.1) is 12.3 Å². The van der Waals surface area contributed by atoms with E-state index in [1.54, 1.807) is 9.91 Å². The quantitative estimate of drug-likeness (QED) is 0.220. The zero-order valence-corrected chi connectivity index (χ0v) is 25.1. The molecule has 2 aromatic carbocycles. The molecule has 2 saturated heterocycles. The number of piperazine rings is 1. The smallest absolute Gasteiger partial charge is 0.407 e. The fraction of sp³-hybridized carbons (Fsp3) is 0.394. The van der Waals surface area contributed by atoms with Crippen LogP contribution in [0.4, 0.5) is 9.59 Å². The lowest BCUT2D eigenvalue weighted by molar-refractivity contribution is -0.189. The molecule has 0 saturated carbocycles. The number of alkyl carbamates (subject to hydrolysis) is 1. The maximum atomic E-state index is 14.0. The number of terminal acetylenes is 1. The number of amides is 5. The lowest BCUT2D eigenvalue weighted by atomic mass is 9.97. The van der Waals surface area contributed by atoms with Gasteiger partial charge in [0.15, 0.2) is 0 Å². The lowest BCUT2D eigenvalue weighted by Gasteiger charge is -2.55. The van der Waals surface area contributed by atoms with Crippen LogP contribution in [0.3, 0.4) is 0 Å². The van der Waals surface area contributed by atoms with Gasteiger partial charge in [-0.25, -0.2) is 14.6 Å². The van der Waals surface area contributed by atoms with E-state index in [0.717, 1.165) is 11.1 Å². The minimum Gasteiger partial charge on any atom is -0.445 e. The molecule has 5 amide bonds. The Bertz CT molecular complexity index is 1350. The third kappa shape index (κ3) is 7.96. The Labute approximate surface area is 258 Å². The van der Waals surface area contributed by atoms with Crippen LogP contribution in [0.1, 0.15) is 36.8 Å². The molecule has 2 N–H and O–H groups in total. The fourth-order valence-corrected chi connectivity index (χ4v) is 5.62. The second kappa shape index (κ2) is 15.6. The highest BCUT2D eigenvalue weighted by molar-refractivity contribution is 5.91. The Morgan fingerprint density at radius 2 is 1.82 bits per heavy atom. The lowest BCUT2D eigenvalue weighted by Crippen LogP contribution is -2.76. The maximum Gasteiger partial charge on any atom is 0.407 e. The number of nitrogens with zero attached hydrogens (tertiary/aromatic N) is 4. The van der Waals surface area contributed by atoms with Crippen molar-refractivity contribution in [1.82, 2.24) is 30.5 Å².